The topological polar surface area (TPSA) is 73.5 Å². The van der Waals surface area contributed by atoms with Gasteiger partial charge >= 0.3 is 12.4 Å². The van der Waals surface area contributed by atoms with E-state index in [1.165, 1.54) is 50.4 Å². The monoisotopic (exact) mass is 922 g/mol. The Hall–Kier alpha value is -2.78. The molecule has 0 aromatic carbocycles. The van der Waals surface area contributed by atoms with E-state index < -0.39 is 29.9 Å². The van der Waals surface area contributed by atoms with Crippen molar-refractivity contribution in [1.82, 2.24) is 24.7 Å². The van der Waals surface area contributed by atoms with Crippen LogP contribution in [0.1, 0.15) is 175 Å². The van der Waals surface area contributed by atoms with Crippen LogP contribution in [0, 0.1) is 18.3 Å². The molecule has 370 valence electrons. The van der Waals surface area contributed by atoms with Crippen molar-refractivity contribution in [3.63, 3.8) is 0 Å². The number of piperidine rings is 3. The number of nitrogens with one attached hydrogen (secondary N) is 1. The molecular formula is C49H83F8N7. The van der Waals surface area contributed by atoms with Crippen LogP contribution in [0.3, 0.4) is 0 Å². The lowest BCUT2D eigenvalue weighted by Crippen LogP contribution is -2.49. The summed E-state index contributed by atoms with van der Waals surface area (Å²) in [6.45, 7) is 26.7. The molecule has 64 heavy (non-hydrogen) atoms. The van der Waals surface area contributed by atoms with Gasteiger partial charge in [0, 0.05) is 68.9 Å². The highest BCUT2D eigenvalue weighted by Crippen LogP contribution is 2.53. The molecule has 0 amide bonds. The van der Waals surface area contributed by atoms with E-state index in [4.69, 9.17) is 5.73 Å². The zero-order chi connectivity index (χ0) is 47.7. The maximum atomic E-state index is 12.6. The Labute approximate surface area is 381 Å². The Kier molecular flexibility index (Phi) is 21.8. The summed E-state index contributed by atoms with van der Waals surface area (Å²) in [4.78, 5) is 14.7. The molecule has 15 heteroatoms. The fourth-order valence-corrected chi connectivity index (χ4v) is 9.25. The molecule has 2 aromatic heterocycles. The second-order valence-corrected chi connectivity index (χ2v) is 19.9. The minimum absolute atomic E-state index is 0. The summed E-state index contributed by atoms with van der Waals surface area (Å²) in [6, 6.07) is 8.43. The molecule has 3 N–H and O–H groups in total. The molecule has 7 nitrogen and oxygen atoms in total. The number of hydrogen-bond acceptors (Lipinski definition) is 7. The number of fused-ring (bicyclic) bond motifs is 2. The van der Waals surface area contributed by atoms with Crippen molar-refractivity contribution in [3.8, 4) is 0 Å². The van der Waals surface area contributed by atoms with Gasteiger partial charge in [-0.05, 0) is 153 Å². The fraction of sp³-hybridized carbons (Fsp3) is 0.796. The zero-order valence-corrected chi connectivity index (χ0v) is 40.2. The first-order valence-electron chi connectivity index (χ1n) is 23.3. The molecule has 6 heterocycles. The number of hydrogen-bond donors (Lipinski definition) is 2. The molecule has 1 aliphatic carbocycles. The van der Waals surface area contributed by atoms with E-state index in [1.54, 1.807) is 0 Å². The molecule has 2 unspecified atom stereocenters. The Morgan fingerprint density at radius 1 is 0.656 bits per heavy atom. The molecule has 0 radical (unpaired) electrons. The maximum Gasteiger partial charge on any atom is 0.433 e. The first-order chi connectivity index (χ1) is 29.1. The van der Waals surface area contributed by atoms with E-state index in [0.717, 1.165) is 41.9 Å². The average molecular weight is 922 g/mol. The first-order valence-corrected chi connectivity index (χ1v) is 23.3. The Morgan fingerprint density at radius 2 is 1.11 bits per heavy atom. The molecule has 4 aliphatic heterocycles. The van der Waals surface area contributed by atoms with E-state index in [1.807, 2.05) is 41.7 Å². The van der Waals surface area contributed by atoms with Crippen molar-refractivity contribution in [2.75, 3.05) is 44.3 Å². The van der Waals surface area contributed by atoms with Crippen LogP contribution >= 0.6 is 0 Å². The number of likely N-dealkylation sites (tertiary alicyclic amines) is 2. The summed E-state index contributed by atoms with van der Waals surface area (Å²) in [5, 5.41) is 3.11. The molecular weight excluding hydrogens is 839 g/mol. The van der Waals surface area contributed by atoms with Crippen LogP contribution in [-0.2, 0) is 6.18 Å². The van der Waals surface area contributed by atoms with Crippen LogP contribution in [0.25, 0.3) is 0 Å². The predicted octanol–water partition coefficient (Wildman–Crippen LogP) is 13.6. The smallest absolute Gasteiger partial charge is 0.383 e. The van der Waals surface area contributed by atoms with Crippen molar-refractivity contribution < 1.29 is 35.1 Å². The number of alkyl halides is 8. The molecule has 1 saturated carbocycles. The Balaban J connectivity index is 0.000000275. The summed E-state index contributed by atoms with van der Waals surface area (Å²) in [6.07, 6.45) is 0.208. The van der Waals surface area contributed by atoms with Gasteiger partial charge in [0.15, 0.2) is 0 Å². The van der Waals surface area contributed by atoms with E-state index in [9.17, 15) is 35.1 Å². The van der Waals surface area contributed by atoms with Gasteiger partial charge < -0.3 is 20.9 Å². The Bertz CT molecular complexity index is 1620. The van der Waals surface area contributed by atoms with Gasteiger partial charge in [0.1, 0.15) is 17.3 Å². The highest BCUT2D eigenvalue weighted by Gasteiger charge is 2.50. The van der Waals surface area contributed by atoms with Crippen LogP contribution < -0.4 is 11.1 Å². The number of nitrogens with two attached hydrogens (primary N) is 1. The maximum absolute atomic E-state index is 12.6. The lowest BCUT2D eigenvalue weighted by molar-refractivity contribution is -0.192. The number of nitrogens with zero attached hydrogens (tertiary/aromatic N) is 5. The van der Waals surface area contributed by atoms with Crippen molar-refractivity contribution in [1.29, 1.82) is 0 Å². The normalized spacial score (nSPS) is 23.0. The third kappa shape index (κ3) is 17.5. The van der Waals surface area contributed by atoms with Crippen LogP contribution in [0.4, 0.5) is 46.8 Å². The third-order valence-electron chi connectivity index (χ3n) is 13.4. The van der Waals surface area contributed by atoms with Gasteiger partial charge in [-0.2, -0.15) is 26.3 Å². The van der Waals surface area contributed by atoms with E-state index in [-0.39, 0.29) is 44.1 Å². The molecule has 2 aromatic rings. The predicted molar refractivity (Wildman–Crippen MR) is 248 cm³/mol. The number of pyridine rings is 2. The molecule has 5 aliphatic rings. The van der Waals surface area contributed by atoms with Gasteiger partial charge in [-0.3, -0.25) is 4.90 Å². The van der Waals surface area contributed by atoms with E-state index in [0.29, 0.717) is 49.5 Å². The SMILES string of the molecule is C.CC(C)N1C2CCC1CC(C(F)(F)F)C2.CC(C)N1CCC(F)(F)CC1.CC(C)N1CCC2(CC1)CC2.CC(C)c1ccc(C(F)(F)F)nc1N.CNc1nc(C)ccc1C(C)C. The lowest BCUT2D eigenvalue weighted by atomic mass is 9.89. The lowest BCUT2D eigenvalue weighted by Gasteiger charge is -2.41. The van der Waals surface area contributed by atoms with Gasteiger partial charge in [0.2, 0.25) is 0 Å². The summed E-state index contributed by atoms with van der Waals surface area (Å²) in [7, 11) is 1.91. The number of halogens is 8. The Morgan fingerprint density at radius 3 is 1.47 bits per heavy atom. The highest BCUT2D eigenvalue weighted by molar-refractivity contribution is 5.46. The largest absolute Gasteiger partial charge is 0.433 e. The van der Waals surface area contributed by atoms with Crippen LogP contribution in [0.2, 0.25) is 0 Å². The summed E-state index contributed by atoms with van der Waals surface area (Å²) in [5.74, 6) is -1.89. The van der Waals surface area contributed by atoms with E-state index >= 15 is 0 Å². The minimum atomic E-state index is -4.43. The summed E-state index contributed by atoms with van der Waals surface area (Å²) >= 11 is 0. The number of anilines is 2. The first kappa shape index (κ1) is 57.3. The summed E-state index contributed by atoms with van der Waals surface area (Å²) < 4.78 is 99.7. The standard InChI is InChI=1S/C11H18F3N.C10H16N2.C10H19N.C9H11F3N2.C8H15F2N.CH4/c1-7(2)15-9-3-4-10(15)6-8(5-9)11(12,13)14;1-7(2)9-6-5-8(3)12-10(9)11-4;1-9(2)11-7-5-10(3-4-10)6-8-11;1-5(2)6-3-4-7(9(10,11)12)14-8(6)13;1-7(2)11-5-3-8(9,10)4-6-11;/h7-10H,3-6H2,1-2H3;5-7H,1-4H3,(H,11,12);9H,3-8H2,1-2H3;3-5H,1-2H3,(H2,13,14);7H,3-6H2,1-2H3;1H4. The quantitative estimate of drug-likeness (QED) is 0.280. The number of rotatable bonds is 6. The number of aromatic nitrogens is 2. The summed E-state index contributed by atoms with van der Waals surface area (Å²) in [5.41, 5.74) is 8.29. The van der Waals surface area contributed by atoms with Gasteiger partial charge in [0.05, 0.1) is 5.92 Å². The highest BCUT2D eigenvalue weighted by atomic mass is 19.4. The minimum Gasteiger partial charge on any atom is -0.383 e. The zero-order valence-electron chi connectivity index (χ0n) is 40.2. The molecule has 7 rings (SSSR count). The van der Waals surface area contributed by atoms with Crippen LogP contribution in [-0.4, -0.2) is 100 Å². The third-order valence-corrected chi connectivity index (χ3v) is 13.4. The van der Waals surface area contributed by atoms with Crippen molar-refractivity contribution in [2.45, 2.75) is 208 Å². The molecule has 2 bridgehead atoms. The second-order valence-electron chi connectivity index (χ2n) is 19.9. The van der Waals surface area contributed by atoms with Crippen molar-refractivity contribution >= 4 is 11.6 Å². The number of nitrogen functional groups attached to an aromatic ring is 1. The van der Waals surface area contributed by atoms with Gasteiger partial charge in [-0.25, -0.2) is 18.7 Å². The molecule has 4 saturated heterocycles. The van der Waals surface area contributed by atoms with E-state index in [2.05, 4.69) is 83.7 Å². The number of aryl methyl sites for hydroxylation is 1. The molecule has 2 atom stereocenters. The fourth-order valence-electron chi connectivity index (χ4n) is 9.25. The van der Waals surface area contributed by atoms with Crippen LogP contribution in [0.15, 0.2) is 24.3 Å². The van der Waals surface area contributed by atoms with Gasteiger partial charge in [-0.15, -0.1) is 0 Å². The average Bonchev–Trinajstić information content (AvgIpc) is 3.88. The molecule has 5 fully saturated rings. The van der Waals surface area contributed by atoms with Crippen molar-refractivity contribution in [3.05, 3.63) is 46.8 Å². The second kappa shape index (κ2) is 24.3. The van der Waals surface area contributed by atoms with Gasteiger partial charge in [-0.1, -0.05) is 47.3 Å². The van der Waals surface area contributed by atoms with Crippen LogP contribution in [0.5, 0.6) is 0 Å². The molecule has 1 spiro atoms. The van der Waals surface area contributed by atoms with Crippen molar-refractivity contribution in [2.24, 2.45) is 11.3 Å². The van der Waals surface area contributed by atoms with Gasteiger partial charge in [0.25, 0.3) is 5.92 Å².